The number of nitrogens with zero attached hydrogens (tertiary/aromatic N) is 3. The number of anilines is 1. The van der Waals surface area contributed by atoms with E-state index < -0.39 is 5.91 Å². The van der Waals surface area contributed by atoms with Gasteiger partial charge < -0.3 is 19.5 Å². The molecular weight excluding hydrogens is 352 g/mol. The van der Waals surface area contributed by atoms with Crippen LogP contribution in [-0.4, -0.2) is 37.0 Å². The lowest BCUT2D eigenvalue weighted by atomic mass is 10.2. The summed E-state index contributed by atoms with van der Waals surface area (Å²) in [5, 5.41) is 12.7. The number of carbonyl (C=O) groups is 1. The molecule has 0 radical (unpaired) electrons. The quantitative estimate of drug-likeness (QED) is 0.647. The molecule has 1 aliphatic heterocycles. The molecule has 0 unspecified atom stereocenters. The molecule has 0 spiro atoms. The van der Waals surface area contributed by atoms with Crippen LogP contribution in [0.2, 0.25) is 5.02 Å². The Bertz CT molecular complexity index is 818. The van der Waals surface area contributed by atoms with Crippen molar-refractivity contribution in [3.05, 3.63) is 65.2 Å². The number of benzene rings is 1. The highest BCUT2D eigenvalue weighted by molar-refractivity contribution is 6.30. The third-order valence-corrected chi connectivity index (χ3v) is 4.40. The molecule has 0 bridgehead atoms. The number of nitriles is 1. The summed E-state index contributed by atoms with van der Waals surface area (Å²) in [6.07, 6.45) is 3.18. The normalized spacial score (nSPS) is 14.8. The fraction of sp³-hybridized carbons (Fsp3) is 0.263. The van der Waals surface area contributed by atoms with Gasteiger partial charge in [-0.2, -0.15) is 5.26 Å². The highest BCUT2D eigenvalue weighted by atomic mass is 35.5. The van der Waals surface area contributed by atoms with Crippen molar-refractivity contribution >= 4 is 23.2 Å². The molecule has 1 saturated heterocycles. The predicted octanol–water partition coefficient (Wildman–Crippen LogP) is 2.78. The second kappa shape index (κ2) is 8.45. The Kier molecular flexibility index (Phi) is 5.82. The highest BCUT2D eigenvalue weighted by Gasteiger charge is 2.18. The van der Waals surface area contributed by atoms with Crippen LogP contribution in [0.3, 0.4) is 0 Å². The topological polar surface area (TPSA) is 72.5 Å². The Morgan fingerprint density at radius 2 is 2.08 bits per heavy atom. The third kappa shape index (κ3) is 4.58. The average molecular weight is 371 g/mol. The molecule has 1 fully saturated rings. The van der Waals surface area contributed by atoms with Gasteiger partial charge in [0.1, 0.15) is 17.4 Å². The number of nitrogens with one attached hydrogen (secondary N) is 1. The van der Waals surface area contributed by atoms with Gasteiger partial charge in [0.05, 0.1) is 12.8 Å². The van der Waals surface area contributed by atoms with Crippen molar-refractivity contribution in [2.75, 3.05) is 31.1 Å². The number of carbonyl (C=O) groups excluding carboxylic acids is 1. The van der Waals surface area contributed by atoms with Gasteiger partial charge >= 0.3 is 0 Å². The predicted molar refractivity (Wildman–Crippen MR) is 99.5 cm³/mol. The molecule has 1 aliphatic rings. The Balaban J connectivity index is 1.55. The van der Waals surface area contributed by atoms with Crippen molar-refractivity contribution in [2.45, 2.75) is 6.54 Å². The van der Waals surface area contributed by atoms with E-state index in [0.717, 1.165) is 31.9 Å². The van der Waals surface area contributed by atoms with E-state index in [2.05, 4.69) is 10.2 Å². The molecule has 1 aromatic carbocycles. The summed E-state index contributed by atoms with van der Waals surface area (Å²) in [7, 11) is 0. The van der Waals surface area contributed by atoms with Crippen molar-refractivity contribution in [2.24, 2.45) is 0 Å². The molecule has 134 valence electrons. The van der Waals surface area contributed by atoms with Crippen LogP contribution >= 0.6 is 11.6 Å². The summed E-state index contributed by atoms with van der Waals surface area (Å²) < 4.78 is 5.17. The fourth-order valence-corrected chi connectivity index (χ4v) is 2.96. The maximum atomic E-state index is 12.2. The summed E-state index contributed by atoms with van der Waals surface area (Å²) in [6, 6.07) is 13.2. The van der Waals surface area contributed by atoms with E-state index in [4.69, 9.17) is 16.0 Å². The smallest absolute Gasteiger partial charge is 0.263 e. The van der Waals surface area contributed by atoms with Gasteiger partial charge in [0, 0.05) is 43.1 Å². The van der Waals surface area contributed by atoms with Gasteiger partial charge in [0.15, 0.2) is 0 Å². The molecule has 6 nitrogen and oxygen atoms in total. The monoisotopic (exact) mass is 370 g/mol. The van der Waals surface area contributed by atoms with Crippen LogP contribution in [0.25, 0.3) is 0 Å². The number of furan rings is 1. The van der Waals surface area contributed by atoms with Crippen molar-refractivity contribution < 1.29 is 9.21 Å². The highest BCUT2D eigenvalue weighted by Crippen LogP contribution is 2.21. The van der Waals surface area contributed by atoms with E-state index >= 15 is 0 Å². The molecule has 0 atom stereocenters. The van der Waals surface area contributed by atoms with Crippen LogP contribution in [0.1, 0.15) is 5.76 Å². The largest absolute Gasteiger partial charge is 0.467 e. The van der Waals surface area contributed by atoms with Gasteiger partial charge in [-0.15, -0.1) is 0 Å². The summed E-state index contributed by atoms with van der Waals surface area (Å²) >= 11 is 6.05. The van der Waals surface area contributed by atoms with Crippen LogP contribution in [0.4, 0.5) is 5.69 Å². The van der Waals surface area contributed by atoms with Crippen LogP contribution < -0.4 is 10.2 Å². The second-order valence-electron chi connectivity index (χ2n) is 5.92. The minimum absolute atomic E-state index is 0.0905. The number of piperazine rings is 1. The van der Waals surface area contributed by atoms with Crippen molar-refractivity contribution in [1.82, 2.24) is 10.2 Å². The number of amides is 1. The first-order chi connectivity index (χ1) is 12.7. The zero-order valence-corrected chi connectivity index (χ0v) is 14.9. The maximum absolute atomic E-state index is 12.2. The number of hydrogen-bond donors (Lipinski definition) is 1. The van der Waals surface area contributed by atoms with Gasteiger partial charge in [0.25, 0.3) is 5.91 Å². The number of rotatable bonds is 5. The summed E-state index contributed by atoms with van der Waals surface area (Å²) in [4.78, 5) is 16.4. The molecule has 1 N–H and O–H groups in total. The van der Waals surface area contributed by atoms with E-state index in [9.17, 15) is 10.1 Å². The number of halogens is 1. The van der Waals surface area contributed by atoms with E-state index in [0.29, 0.717) is 10.8 Å². The van der Waals surface area contributed by atoms with Crippen LogP contribution in [0.15, 0.2) is 58.9 Å². The maximum Gasteiger partial charge on any atom is 0.263 e. The lowest BCUT2D eigenvalue weighted by Crippen LogP contribution is -2.44. The molecule has 1 amide bonds. The third-order valence-electron chi connectivity index (χ3n) is 4.17. The van der Waals surface area contributed by atoms with Crippen LogP contribution in [-0.2, 0) is 11.3 Å². The van der Waals surface area contributed by atoms with Crippen molar-refractivity contribution in [3.63, 3.8) is 0 Å². The molecule has 2 heterocycles. The standard InChI is InChI=1S/C19H19ClN4O2/c20-16-3-1-4-17(11-16)24-8-6-23(7-9-24)14-15(12-21)19(25)22-13-18-5-2-10-26-18/h1-5,10-11,14H,6-9,13H2,(H,22,25)/b15-14-. The SMILES string of the molecule is N#C/C(=C/N1CCN(c2cccc(Cl)c2)CC1)C(=O)NCc1ccco1. The van der Waals surface area contributed by atoms with E-state index in [1.165, 1.54) is 0 Å². The minimum Gasteiger partial charge on any atom is -0.467 e. The lowest BCUT2D eigenvalue weighted by molar-refractivity contribution is -0.117. The Hall–Kier alpha value is -2.91. The fourth-order valence-electron chi connectivity index (χ4n) is 2.78. The summed E-state index contributed by atoms with van der Waals surface area (Å²) in [6.45, 7) is 3.30. The Morgan fingerprint density at radius 3 is 2.73 bits per heavy atom. The Labute approximate surface area is 157 Å². The van der Waals surface area contributed by atoms with Crippen molar-refractivity contribution in [3.8, 4) is 6.07 Å². The second-order valence-corrected chi connectivity index (χ2v) is 6.36. The zero-order valence-electron chi connectivity index (χ0n) is 14.2. The van der Waals surface area contributed by atoms with Crippen LogP contribution in [0, 0.1) is 11.3 Å². The average Bonchev–Trinajstić information content (AvgIpc) is 3.18. The molecule has 0 aliphatic carbocycles. The van der Waals surface area contributed by atoms with Gasteiger partial charge in [0.2, 0.25) is 0 Å². The first-order valence-corrected chi connectivity index (χ1v) is 8.70. The molecule has 1 aromatic heterocycles. The van der Waals surface area contributed by atoms with Gasteiger partial charge in [-0.05, 0) is 30.3 Å². The van der Waals surface area contributed by atoms with Crippen molar-refractivity contribution in [1.29, 1.82) is 5.26 Å². The molecule has 3 rings (SSSR count). The van der Waals surface area contributed by atoms with Gasteiger partial charge in [-0.1, -0.05) is 17.7 Å². The first kappa shape index (κ1) is 17.9. The van der Waals surface area contributed by atoms with E-state index in [1.54, 1.807) is 24.6 Å². The summed E-state index contributed by atoms with van der Waals surface area (Å²) in [5.41, 5.74) is 1.17. The van der Waals surface area contributed by atoms with Gasteiger partial charge in [-0.25, -0.2) is 0 Å². The summed E-state index contributed by atoms with van der Waals surface area (Å²) in [5.74, 6) is 0.243. The molecule has 7 heteroatoms. The number of hydrogen-bond acceptors (Lipinski definition) is 5. The molecule has 0 saturated carbocycles. The molecule has 2 aromatic rings. The first-order valence-electron chi connectivity index (χ1n) is 8.33. The van der Waals surface area contributed by atoms with Gasteiger partial charge in [-0.3, -0.25) is 4.79 Å². The van der Waals surface area contributed by atoms with E-state index in [1.807, 2.05) is 35.2 Å². The van der Waals surface area contributed by atoms with Crippen LogP contribution in [0.5, 0.6) is 0 Å². The molecule has 26 heavy (non-hydrogen) atoms. The minimum atomic E-state index is -0.402. The Morgan fingerprint density at radius 1 is 1.27 bits per heavy atom. The zero-order chi connectivity index (χ0) is 18.4. The lowest BCUT2D eigenvalue weighted by Gasteiger charge is -2.35. The van der Waals surface area contributed by atoms with E-state index in [-0.39, 0.29) is 12.1 Å². The molecular formula is C19H19ClN4O2.